The number of hydrogen-bond donors (Lipinski definition) is 1. The largest absolute Gasteiger partial charge is 0.322 e. The Morgan fingerprint density at radius 3 is 2.60 bits per heavy atom. The molecule has 3 nitrogen and oxygen atoms in total. The highest BCUT2D eigenvalue weighted by Crippen LogP contribution is 2.26. The quantitative estimate of drug-likeness (QED) is 0.630. The molecule has 0 fully saturated rings. The molecule has 124 valence electrons. The molecule has 1 amide bonds. The van der Waals surface area contributed by atoms with Gasteiger partial charge in [0.1, 0.15) is 0 Å². The zero-order valence-corrected chi connectivity index (χ0v) is 14.6. The van der Waals surface area contributed by atoms with E-state index in [0.29, 0.717) is 16.3 Å². The maximum absolute atomic E-state index is 12.4. The second kappa shape index (κ2) is 7.97. The van der Waals surface area contributed by atoms with Crippen LogP contribution in [0, 0.1) is 0 Å². The van der Waals surface area contributed by atoms with Gasteiger partial charge in [0.2, 0.25) is 0 Å². The number of amides is 1. The van der Waals surface area contributed by atoms with E-state index < -0.39 is 0 Å². The Kier molecular flexibility index (Phi) is 5.49. The van der Waals surface area contributed by atoms with Crippen LogP contribution < -0.4 is 5.32 Å². The molecule has 5 heteroatoms. The van der Waals surface area contributed by atoms with Crippen molar-refractivity contribution in [2.24, 2.45) is 0 Å². The van der Waals surface area contributed by atoms with Crippen LogP contribution in [-0.4, -0.2) is 10.9 Å². The number of rotatable bonds is 4. The van der Waals surface area contributed by atoms with Crippen molar-refractivity contribution in [2.45, 2.75) is 0 Å². The summed E-state index contributed by atoms with van der Waals surface area (Å²) in [5, 5.41) is 3.43. The first-order chi connectivity index (χ1) is 12.1. The van der Waals surface area contributed by atoms with Gasteiger partial charge in [-0.05, 0) is 48.0 Å². The number of carbonyl (C=O) groups excluding carboxylic acids is 1. The van der Waals surface area contributed by atoms with Crippen molar-refractivity contribution in [1.29, 1.82) is 0 Å². The summed E-state index contributed by atoms with van der Waals surface area (Å²) in [4.78, 5) is 16.6. The van der Waals surface area contributed by atoms with Gasteiger partial charge in [-0.25, -0.2) is 0 Å². The fourth-order valence-corrected chi connectivity index (χ4v) is 2.64. The average Bonchev–Trinajstić information content (AvgIpc) is 2.63. The minimum atomic E-state index is -0.307. The van der Waals surface area contributed by atoms with Crippen LogP contribution >= 0.6 is 23.2 Å². The molecule has 1 aromatic heterocycles. The first-order valence-electron chi connectivity index (χ1n) is 7.58. The maximum atomic E-state index is 12.4. The van der Waals surface area contributed by atoms with Crippen LogP contribution in [0.2, 0.25) is 10.0 Å². The van der Waals surface area contributed by atoms with Crippen LogP contribution in [0.3, 0.4) is 0 Å². The van der Waals surface area contributed by atoms with Gasteiger partial charge in [-0.15, -0.1) is 0 Å². The van der Waals surface area contributed by atoms with E-state index in [9.17, 15) is 4.79 Å². The van der Waals surface area contributed by atoms with Gasteiger partial charge >= 0.3 is 0 Å². The Morgan fingerprint density at radius 1 is 0.960 bits per heavy atom. The number of anilines is 1. The summed E-state index contributed by atoms with van der Waals surface area (Å²) in [6.45, 7) is 0. The highest BCUT2D eigenvalue weighted by atomic mass is 35.5. The van der Waals surface area contributed by atoms with Gasteiger partial charge < -0.3 is 5.32 Å². The lowest BCUT2D eigenvalue weighted by Crippen LogP contribution is -2.12. The number of nitrogens with one attached hydrogen (secondary N) is 1. The van der Waals surface area contributed by atoms with Gasteiger partial charge in [-0.3, -0.25) is 9.78 Å². The lowest BCUT2D eigenvalue weighted by atomic mass is 10.1. The van der Waals surface area contributed by atoms with E-state index in [1.807, 2.05) is 54.6 Å². The molecule has 1 heterocycles. The molecule has 0 bridgehead atoms. The van der Waals surface area contributed by atoms with Crippen LogP contribution in [0.25, 0.3) is 12.2 Å². The topological polar surface area (TPSA) is 42.0 Å². The molecule has 0 atom stereocenters. The van der Waals surface area contributed by atoms with E-state index in [0.717, 1.165) is 11.3 Å². The Morgan fingerprint density at radius 2 is 1.80 bits per heavy atom. The van der Waals surface area contributed by atoms with Crippen LogP contribution in [0.1, 0.15) is 21.6 Å². The molecule has 0 saturated carbocycles. The molecule has 3 aromatic rings. The van der Waals surface area contributed by atoms with E-state index in [4.69, 9.17) is 23.2 Å². The van der Waals surface area contributed by atoms with Crippen molar-refractivity contribution in [3.63, 3.8) is 0 Å². The molecule has 2 aromatic carbocycles. The standard InChI is InChI=1S/C20H14Cl2N2O/c21-18-9-4-8-17(19(18)22)20(25)24-16-7-3-5-14(13-16)10-11-15-6-1-2-12-23-15/h1-13H,(H,24,25)/b11-10+. The number of carbonyl (C=O) groups is 1. The lowest BCUT2D eigenvalue weighted by Gasteiger charge is -2.08. The van der Waals surface area contributed by atoms with E-state index in [2.05, 4.69) is 10.3 Å². The summed E-state index contributed by atoms with van der Waals surface area (Å²) in [6, 6.07) is 18.2. The van der Waals surface area contributed by atoms with Crippen molar-refractivity contribution in [3.8, 4) is 0 Å². The van der Waals surface area contributed by atoms with E-state index in [1.54, 1.807) is 24.4 Å². The minimum Gasteiger partial charge on any atom is -0.322 e. The van der Waals surface area contributed by atoms with Gasteiger partial charge in [0.05, 0.1) is 21.3 Å². The number of nitrogens with zero attached hydrogens (tertiary/aromatic N) is 1. The van der Waals surface area contributed by atoms with Crippen molar-refractivity contribution in [2.75, 3.05) is 5.32 Å². The second-order valence-electron chi connectivity index (χ2n) is 5.27. The third kappa shape index (κ3) is 4.47. The molecule has 0 saturated heterocycles. The smallest absolute Gasteiger partial charge is 0.257 e. The minimum absolute atomic E-state index is 0.243. The summed E-state index contributed by atoms with van der Waals surface area (Å²) in [5.74, 6) is -0.307. The van der Waals surface area contributed by atoms with E-state index in [-0.39, 0.29) is 10.9 Å². The second-order valence-corrected chi connectivity index (χ2v) is 6.05. The summed E-state index contributed by atoms with van der Waals surface area (Å²) < 4.78 is 0. The van der Waals surface area contributed by atoms with Crippen LogP contribution in [0.5, 0.6) is 0 Å². The SMILES string of the molecule is O=C(Nc1cccc(/C=C/c2ccccn2)c1)c1cccc(Cl)c1Cl. The van der Waals surface area contributed by atoms with Crippen LogP contribution in [0.15, 0.2) is 66.9 Å². The van der Waals surface area contributed by atoms with Gasteiger partial charge in [0.15, 0.2) is 0 Å². The molecule has 0 unspecified atom stereocenters. The summed E-state index contributed by atoms with van der Waals surface area (Å²) in [6.07, 6.45) is 5.59. The van der Waals surface area contributed by atoms with E-state index >= 15 is 0 Å². The van der Waals surface area contributed by atoms with Gasteiger partial charge in [-0.2, -0.15) is 0 Å². The number of hydrogen-bond acceptors (Lipinski definition) is 2. The van der Waals surface area contributed by atoms with Crippen molar-refractivity contribution in [3.05, 3.63) is 93.7 Å². The van der Waals surface area contributed by atoms with Crippen molar-refractivity contribution >= 4 is 46.9 Å². The molecular formula is C20H14Cl2N2O. The Balaban J connectivity index is 1.77. The zero-order chi connectivity index (χ0) is 17.6. The molecule has 0 aliphatic rings. The van der Waals surface area contributed by atoms with Crippen LogP contribution in [-0.2, 0) is 0 Å². The number of aromatic nitrogens is 1. The van der Waals surface area contributed by atoms with Crippen molar-refractivity contribution in [1.82, 2.24) is 4.98 Å². The Labute approximate surface area is 155 Å². The first kappa shape index (κ1) is 17.2. The third-order valence-corrected chi connectivity index (χ3v) is 4.29. The predicted molar refractivity (Wildman–Crippen MR) is 104 cm³/mol. The maximum Gasteiger partial charge on any atom is 0.257 e. The lowest BCUT2D eigenvalue weighted by molar-refractivity contribution is 0.102. The van der Waals surface area contributed by atoms with E-state index in [1.165, 1.54) is 0 Å². The summed E-state index contributed by atoms with van der Waals surface area (Å²) in [5.41, 5.74) is 2.82. The molecule has 0 spiro atoms. The molecule has 1 N–H and O–H groups in total. The number of pyridine rings is 1. The Hall–Kier alpha value is -2.62. The number of halogens is 2. The first-order valence-corrected chi connectivity index (χ1v) is 8.33. The summed E-state index contributed by atoms with van der Waals surface area (Å²) in [7, 11) is 0. The highest BCUT2D eigenvalue weighted by Gasteiger charge is 2.12. The molecule has 25 heavy (non-hydrogen) atoms. The molecule has 3 rings (SSSR count). The third-order valence-electron chi connectivity index (χ3n) is 3.48. The van der Waals surface area contributed by atoms with Crippen LogP contribution in [0.4, 0.5) is 5.69 Å². The molecular weight excluding hydrogens is 355 g/mol. The van der Waals surface area contributed by atoms with Crippen molar-refractivity contribution < 1.29 is 4.79 Å². The molecule has 0 aliphatic heterocycles. The van der Waals surface area contributed by atoms with Gasteiger partial charge in [0, 0.05) is 11.9 Å². The van der Waals surface area contributed by atoms with Gasteiger partial charge in [-0.1, -0.05) is 53.5 Å². The molecule has 0 aliphatic carbocycles. The average molecular weight is 369 g/mol. The predicted octanol–water partition coefficient (Wildman–Crippen LogP) is 5.81. The summed E-state index contributed by atoms with van der Waals surface area (Å²) >= 11 is 12.1. The monoisotopic (exact) mass is 368 g/mol. The number of benzene rings is 2. The highest BCUT2D eigenvalue weighted by molar-refractivity contribution is 6.44. The fourth-order valence-electron chi connectivity index (χ4n) is 2.25. The van der Waals surface area contributed by atoms with Gasteiger partial charge in [0.25, 0.3) is 5.91 Å². The zero-order valence-electron chi connectivity index (χ0n) is 13.1. The molecule has 0 radical (unpaired) electrons. The Bertz CT molecular complexity index is 924. The normalized spacial score (nSPS) is 10.8. The fraction of sp³-hybridized carbons (Fsp3) is 0.